The second kappa shape index (κ2) is 5.10. The molecule has 1 aromatic rings. The molecular formula is C11H17BrFN3. The van der Waals surface area contributed by atoms with E-state index in [0.717, 1.165) is 0 Å². The van der Waals surface area contributed by atoms with E-state index in [1.165, 1.54) is 6.07 Å². The average molecular weight is 290 g/mol. The van der Waals surface area contributed by atoms with E-state index >= 15 is 0 Å². The first-order valence-corrected chi connectivity index (χ1v) is 5.97. The topological polar surface area (TPSA) is 50.9 Å². The van der Waals surface area contributed by atoms with Gasteiger partial charge in [0.25, 0.3) is 0 Å². The van der Waals surface area contributed by atoms with E-state index in [1.807, 2.05) is 20.8 Å². The molecule has 5 heteroatoms. The van der Waals surface area contributed by atoms with Gasteiger partial charge < -0.3 is 11.1 Å². The quantitative estimate of drug-likeness (QED) is 0.896. The zero-order chi connectivity index (χ0) is 12.3. The lowest BCUT2D eigenvalue weighted by molar-refractivity contribution is 0.379. The first kappa shape index (κ1) is 13.4. The monoisotopic (exact) mass is 289 g/mol. The molecule has 0 saturated heterocycles. The third kappa shape index (κ3) is 2.92. The number of halogens is 2. The second-order valence-electron chi connectivity index (χ2n) is 4.39. The summed E-state index contributed by atoms with van der Waals surface area (Å²) < 4.78 is 14.2. The normalized spacial score (nSPS) is 14.9. The molecule has 0 fully saturated rings. The Morgan fingerprint density at radius 2 is 2.25 bits per heavy atom. The summed E-state index contributed by atoms with van der Waals surface area (Å²) in [6.45, 7) is 6.45. The fourth-order valence-corrected chi connectivity index (χ4v) is 1.51. The number of nitrogens with one attached hydrogen (secondary N) is 1. The molecule has 0 aliphatic heterocycles. The SMILES string of the molecule is CC(C)C(C)(CN)Nc1ncc(Br)cc1F. The van der Waals surface area contributed by atoms with Gasteiger partial charge in [-0.25, -0.2) is 9.37 Å². The van der Waals surface area contributed by atoms with Gasteiger partial charge in [0.2, 0.25) is 0 Å². The van der Waals surface area contributed by atoms with Crippen LogP contribution in [0.2, 0.25) is 0 Å². The van der Waals surface area contributed by atoms with E-state index in [-0.39, 0.29) is 23.1 Å². The fourth-order valence-electron chi connectivity index (χ4n) is 1.21. The molecule has 1 unspecified atom stereocenters. The molecule has 16 heavy (non-hydrogen) atoms. The number of rotatable bonds is 4. The van der Waals surface area contributed by atoms with Crippen molar-refractivity contribution < 1.29 is 4.39 Å². The molecule has 0 aliphatic carbocycles. The summed E-state index contributed by atoms with van der Waals surface area (Å²) in [5.41, 5.74) is 5.35. The zero-order valence-electron chi connectivity index (χ0n) is 9.72. The van der Waals surface area contributed by atoms with E-state index in [2.05, 4.69) is 26.2 Å². The molecule has 0 spiro atoms. The molecule has 0 saturated carbocycles. The van der Waals surface area contributed by atoms with Crippen LogP contribution in [0, 0.1) is 11.7 Å². The van der Waals surface area contributed by atoms with Crippen LogP contribution >= 0.6 is 15.9 Å². The highest BCUT2D eigenvalue weighted by Gasteiger charge is 2.27. The predicted molar refractivity (Wildman–Crippen MR) is 67.8 cm³/mol. The lowest BCUT2D eigenvalue weighted by atomic mass is 9.88. The van der Waals surface area contributed by atoms with Crippen molar-refractivity contribution in [1.82, 2.24) is 4.98 Å². The molecule has 1 rings (SSSR count). The van der Waals surface area contributed by atoms with Crippen LogP contribution < -0.4 is 11.1 Å². The van der Waals surface area contributed by atoms with Gasteiger partial charge in [-0.15, -0.1) is 0 Å². The van der Waals surface area contributed by atoms with Gasteiger partial charge >= 0.3 is 0 Å². The van der Waals surface area contributed by atoms with Gasteiger partial charge in [-0.3, -0.25) is 0 Å². The van der Waals surface area contributed by atoms with E-state index in [0.29, 0.717) is 11.0 Å². The largest absolute Gasteiger partial charge is 0.361 e. The van der Waals surface area contributed by atoms with Crippen molar-refractivity contribution in [1.29, 1.82) is 0 Å². The van der Waals surface area contributed by atoms with Crippen LogP contribution in [0.1, 0.15) is 20.8 Å². The summed E-state index contributed by atoms with van der Waals surface area (Å²) in [7, 11) is 0. The highest BCUT2D eigenvalue weighted by atomic mass is 79.9. The predicted octanol–water partition coefficient (Wildman–Crippen LogP) is 2.77. The van der Waals surface area contributed by atoms with Gasteiger partial charge in [0, 0.05) is 17.2 Å². The minimum absolute atomic E-state index is 0.241. The summed E-state index contributed by atoms with van der Waals surface area (Å²) in [6.07, 6.45) is 1.56. The maximum absolute atomic E-state index is 13.6. The van der Waals surface area contributed by atoms with Crippen molar-refractivity contribution in [2.24, 2.45) is 11.7 Å². The third-order valence-corrected chi connectivity index (χ3v) is 3.34. The Morgan fingerprint density at radius 1 is 1.62 bits per heavy atom. The lowest BCUT2D eigenvalue weighted by Gasteiger charge is -2.34. The van der Waals surface area contributed by atoms with Crippen molar-refractivity contribution >= 4 is 21.7 Å². The number of anilines is 1. The summed E-state index contributed by atoms with van der Waals surface area (Å²) in [5.74, 6) is 0.141. The van der Waals surface area contributed by atoms with Crippen LogP contribution in [0.15, 0.2) is 16.7 Å². The van der Waals surface area contributed by atoms with Crippen LogP contribution in [0.25, 0.3) is 0 Å². The lowest BCUT2D eigenvalue weighted by Crippen LogP contribution is -2.47. The molecular weight excluding hydrogens is 273 g/mol. The molecule has 0 aromatic carbocycles. The summed E-state index contributed by atoms with van der Waals surface area (Å²) >= 11 is 3.17. The van der Waals surface area contributed by atoms with Crippen molar-refractivity contribution in [2.75, 3.05) is 11.9 Å². The Bertz CT molecular complexity index is 370. The number of nitrogens with zero attached hydrogens (tertiary/aromatic N) is 1. The molecule has 0 radical (unpaired) electrons. The maximum atomic E-state index is 13.6. The van der Waals surface area contributed by atoms with Crippen LogP contribution in [-0.2, 0) is 0 Å². The van der Waals surface area contributed by atoms with Crippen LogP contribution in [0.4, 0.5) is 10.2 Å². The van der Waals surface area contributed by atoms with E-state index in [9.17, 15) is 4.39 Å². The van der Waals surface area contributed by atoms with Crippen molar-refractivity contribution in [3.63, 3.8) is 0 Å². The molecule has 0 amide bonds. The minimum Gasteiger partial charge on any atom is -0.361 e. The molecule has 1 aromatic heterocycles. The molecule has 1 heterocycles. The van der Waals surface area contributed by atoms with Gasteiger partial charge in [-0.05, 0) is 34.8 Å². The van der Waals surface area contributed by atoms with Gasteiger partial charge in [0.1, 0.15) is 0 Å². The number of aromatic nitrogens is 1. The summed E-state index contributed by atoms with van der Waals surface area (Å²) in [6, 6.07) is 1.38. The molecule has 0 bridgehead atoms. The van der Waals surface area contributed by atoms with E-state index in [4.69, 9.17) is 5.73 Å². The van der Waals surface area contributed by atoms with Crippen molar-refractivity contribution in [3.8, 4) is 0 Å². The van der Waals surface area contributed by atoms with Crippen molar-refractivity contribution in [3.05, 3.63) is 22.6 Å². The van der Waals surface area contributed by atoms with Crippen LogP contribution in [-0.4, -0.2) is 17.1 Å². The minimum atomic E-state index is -0.380. The number of hydrogen-bond acceptors (Lipinski definition) is 3. The van der Waals surface area contributed by atoms with Gasteiger partial charge in [0.15, 0.2) is 11.6 Å². The average Bonchev–Trinajstić information content (AvgIpc) is 2.22. The summed E-state index contributed by atoms with van der Waals surface area (Å²) in [5, 5.41) is 3.07. The van der Waals surface area contributed by atoms with Gasteiger partial charge in [-0.1, -0.05) is 13.8 Å². The molecule has 3 nitrogen and oxygen atoms in total. The number of pyridine rings is 1. The van der Waals surface area contributed by atoms with Crippen LogP contribution in [0.3, 0.4) is 0 Å². The highest BCUT2D eigenvalue weighted by molar-refractivity contribution is 9.10. The Kier molecular flexibility index (Phi) is 4.27. The molecule has 3 N–H and O–H groups in total. The third-order valence-electron chi connectivity index (χ3n) is 2.91. The number of hydrogen-bond donors (Lipinski definition) is 2. The first-order valence-electron chi connectivity index (χ1n) is 5.18. The second-order valence-corrected chi connectivity index (χ2v) is 5.30. The molecule has 0 aliphatic rings. The smallest absolute Gasteiger partial charge is 0.166 e. The van der Waals surface area contributed by atoms with Gasteiger partial charge in [0.05, 0.1) is 5.54 Å². The molecule has 1 atom stereocenters. The van der Waals surface area contributed by atoms with Gasteiger partial charge in [-0.2, -0.15) is 0 Å². The number of nitrogens with two attached hydrogens (primary N) is 1. The standard InChI is InChI=1S/C11H17BrFN3/c1-7(2)11(3,6-14)16-10-9(13)4-8(12)5-15-10/h4-5,7H,6,14H2,1-3H3,(H,15,16). The Labute approximate surface area is 104 Å². The summed E-state index contributed by atoms with van der Waals surface area (Å²) in [4.78, 5) is 4.00. The highest BCUT2D eigenvalue weighted by Crippen LogP contribution is 2.23. The maximum Gasteiger partial charge on any atom is 0.166 e. The molecule has 90 valence electrons. The van der Waals surface area contributed by atoms with Crippen molar-refractivity contribution in [2.45, 2.75) is 26.3 Å². The zero-order valence-corrected chi connectivity index (χ0v) is 11.3. The van der Waals surface area contributed by atoms with E-state index < -0.39 is 0 Å². The van der Waals surface area contributed by atoms with E-state index in [1.54, 1.807) is 6.20 Å². The fraction of sp³-hybridized carbons (Fsp3) is 0.545. The Morgan fingerprint density at radius 3 is 2.69 bits per heavy atom. The van der Waals surface area contributed by atoms with Crippen LogP contribution in [0.5, 0.6) is 0 Å². The first-order chi connectivity index (χ1) is 7.39. The Hall–Kier alpha value is -0.680. The Balaban J connectivity index is 2.95.